The van der Waals surface area contributed by atoms with E-state index in [0.717, 1.165) is 44.6 Å². The van der Waals surface area contributed by atoms with Gasteiger partial charge >= 0.3 is 0 Å². The largest absolute Gasteiger partial charge is 0.452 e. The average Bonchev–Trinajstić information content (AvgIpc) is 4.07. The Morgan fingerprint density at radius 2 is 1.03 bits per heavy atom. The third kappa shape index (κ3) is 4.49. The van der Waals surface area contributed by atoms with Gasteiger partial charge in [0.15, 0.2) is 11.4 Å². The van der Waals surface area contributed by atoms with E-state index < -0.39 is 0 Å². The molecule has 282 valence electrons. The average molecular weight is 777 g/mol. The summed E-state index contributed by atoms with van der Waals surface area (Å²) in [7, 11) is 0. The quantitative estimate of drug-likeness (QED) is 0.179. The molecule has 61 heavy (non-hydrogen) atoms. The molecule has 0 saturated carbocycles. The van der Waals surface area contributed by atoms with Crippen molar-refractivity contribution in [2.75, 3.05) is 0 Å². The van der Waals surface area contributed by atoms with Gasteiger partial charge in [-0.25, -0.2) is 9.97 Å². The van der Waals surface area contributed by atoms with Crippen LogP contribution >= 0.6 is 0 Å². The van der Waals surface area contributed by atoms with E-state index in [1.165, 1.54) is 76.2 Å². The molecule has 0 atom stereocenters. The lowest BCUT2D eigenvalue weighted by Crippen LogP contribution is -1.96. The van der Waals surface area contributed by atoms with E-state index in [1.54, 1.807) is 0 Å². The summed E-state index contributed by atoms with van der Waals surface area (Å²) in [6.07, 6.45) is 0. The minimum Gasteiger partial charge on any atom is -0.452 e. The lowest BCUT2D eigenvalue weighted by atomic mass is 10.0. The predicted molar refractivity (Wildman–Crippen MR) is 252 cm³/mol. The number of para-hydroxylation sites is 3. The minimum atomic E-state index is 0.654. The monoisotopic (exact) mass is 776 g/mol. The van der Waals surface area contributed by atoms with Crippen LogP contribution in [0.4, 0.5) is 0 Å². The fourth-order valence-corrected chi connectivity index (χ4v) is 10.2. The number of fused-ring (bicyclic) bond motifs is 15. The molecule has 0 unspecified atom stereocenters. The van der Waals surface area contributed by atoms with Crippen LogP contribution in [0.3, 0.4) is 0 Å². The second-order valence-corrected chi connectivity index (χ2v) is 16.1. The molecular weight excluding hydrogens is 745 g/mol. The lowest BCUT2D eigenvalue weighted by molar-refractivity contribution is 0.667. The molecule has 0 spiro atoms. The van der Waals surface area contributed by atoms with Crippen molar-refractivity contribution in [3.8, 4) is 39.5 Å². The predicted octanol–water partition coefficient (Wildman–Crippen LogP) is 14.8. The van der Waals surface area contributed by atoms with Crippen LogP contribution in [0.2, 0.25) is 0 Å². The Morgan fingerprint density at radius 3 is 1.85 bits per heavy atom. The second kappa shape index (κ2) is 12.1. The van der Waals surface area contributed by atoms with Gasteiger partial charge in [-0.15, -0.1) is 0 Å². The summed E-state index contributed by atoms with van der Waals surface area (Å²) in [5.74, 6) is 0.654. The summed E-state index contributed by atoms with van der Waals surface area (Å²) in [6, 6.07) is 69.4. The number of hydrogen-bond donors (Lipinski definition) is 0. The van der Waals surface area contributed by atoms with Crippen LogP contribution in [0.5, 0.6) is 0 Å². The van der Waals surface area contributed by atoms with Crippen LogP contribution in [-0.4, -0.2) is 18.9 Å². The molecule has 0 aliphatic rings. The zero-order valence-corrected chi connectivity index (χ0v) is 32.7. The number of furan rings is 1. The molecule has 5 heteroatoms. The Balaban J connectivity index is 0.984. The number of hydrogen-bond acceptors (Lipinski definition) is 3. The molecule has 5 aromatic heterocycles. The van der Waals surface area contributed by atoms with E-state index in [2.05, 4.69) is 179 Å². The van der Waals surface area contributed by atoms with Crippen LogP contribution in [0.25, 0.3) is 132 Å². The molecule has 14 rings (SSSR count). The van der Waals surface area contributed by atoms with Crippen LogP contribution in [0.1, 0.15) is 0 Å². The molecule has 5 nitrogen and oxygen atoms in total. The highest BCUT2D eigenvalue weighted by Crippen LogP contribution is 2.48. The Hall–Kier alpha value is -8.28. The molecule has 0 fully saturated rings. The van der Waals surface area contributed by atoms with E-state index in [1.807, 2.05) is 24.3 Å². The van der Waals surface area contributed by atoms with Crippen molar-refractivity contribution in [2.24, 2.45) is 0 Å². The number of rotatable bonds is 4. The SMILES string of the molecule is c1ccc(-c2ccc(-c3nc(-c4ccc(-n5c6ccccc6c6c7c8ccccc8n8c9c%10ccccc%10ccc9c(cc65)c78)cc4)nc4c3oc3ccccc34)cc2)cc1. The summed E-state index contributed by atoms with van der Waals surface area (Å²) in [5.41, 5.74) is 14.5. The van der Waals surface area contributed by atoms with Crippen LogP contribution in [0.15, 0.2) is 199 Å². The topological polar surface area (TPSA) is 48.3 Å². The van der Waals surface area contributed by atoms with Crippen molar-refractivity contribution < 1.29 is 4.42 Å². The first-order valence-corrected chi connectivity index (χ1v) is 20.7. The van der Waals surface area contributed by atoms with Gasteiger partial charge in [-0.05, 0) is 71.1 Å². The zero-order chi connectivity index (χ0) is 39.8. The number of benzene rings is 9. The molecule has 5 heterocycles. The van der Waals surface area contributed by atoms with Crippen LogP contribution < -0.4 is 0 Å². The first-order valence-electron chi connectivity index (χ1n) is 20.7. The Bertz CT molecular complexity index is 4080. The molecule has 0 amide bonds. The number of aromatic nitrogens is 4. The van der Waals surface area contributed by atoms with E-state index in [-0.39, 0.29) is 0 Å². The smallest absolute Gasteiger partial charge is 0.180 e. The highest BCUT2D eigenvalue weighted by molar-refractivity contribution is 6.37. The fourth-order valence-electron chi connectivity index (χ4n) is 10.2. The molecule has 0 bridgehead atoms. The van der Waals surface area contributed by atoms with Crippen molar-refractivity contribution in [2.45, 2.75) is 0 Å². The Morgan fingerprint density at radius 1 is 0.393 bits per heavy atom. The molecule has 14 aromatic rings. The summed E-state index contributed by atoms with van der Waals surface area (Å²) >= 11 is 0. The Kier molecular flexibility index (Phi) is 6.49. The van der Waals surface area contributed by atoms with Crippen molar-refractivity contribution in [3.05, 3.63) is 194 Å². The van der Waals surface area contributed by atoms with Gasteiger partial charge in [0.05, 0.1) is 27.6 Å². The van der Waals surface area contributed by atoms with Crippen LogP contribution in [0, 0.1) is 0 Å². The first kappa shape index (κ1) is 32.7. The second-order valence-electron chi connectivity index (χ2n) is 16.1. The van der Waals surface area contributed by atoms with Crippen molar-refractivity contribution >= 4 is 92.7 Å². The first-order chi connectivity index (χ1) is 30.3. The summed E-state index contributed by atoms with van der Waals surface area (Å²) in [5, 5.41) is 11.1. The highest BCUT2D eigenvalue weighted by Gasteiger charge is 2.25. The van der Waals surface area contributed by atoms with E-state index in [0.29, 0.717) is 11.4 Å². The molecule has 0 N–H and O–H groups in total. The Labute approximate surface area is 348 Å². The summed E-state index contributed by atoms with van der Waals surface area (Å²) in [6.45, 7) is 0. The standard InChI is InChI=1S/C56H32N4O/c1-2-12-33(13-3-1)34-22-24-36(25-23-34)51-55-52(43-18-8-11-21-48(43)61-55)58-56(57-51)37-26-29-38(30-27-37)59-45-19-9-6-16-41(45)49-47(59)32-44-40-31-28-35-14-4-5-15-39(35)53(40)60-46-20-10-7-17-42(46)50(49)54(44)60/h1-32H. The van der Waals surface area contributed by atoms with Crippen molar-refractivity contribution in [1.29, 1.82) is 0 Å². The van der Waals surface area contributed by atoms with Gasteiger partial charge < -0.3 is 13.4 Å². The zero-order valence-electron chi connectivity index (χ0n) is 32.7. The fraction of sp³-hybridized carbons (Fsp3) is 0. The number of nitrogens with zero attached hydrogens (tertiary/aromatic N) is 4. The van der Waals surface area contributed by atoms with Gasteiger partial charge in [-0.2, -0.15) is 0 Å². The summed E-state index contributed by atoms with van der Waals surface area (Å²) in [4.78, 5) is 10.4. The summed E-state index contributed by atoms with van der Waals surface area (Å²) < 4.78 is 11.4. The molecule has 0 aliphatic heterocycles. The van der Waals surface area contributed by atoms with E-state index in [4.69, 9.17) is 14.4 Å². The van der Waals surface area contributed by atoms with E-state index >= 15 is 0 Å². The highest BCUT2D eigenvalue weighted by atomic mass is 16.3. The molecule has 0 saturated heterocycles. The van der Waals surface area contributed by atoms with Gasteiger partial charge in [0.25, 0.3) is 0 Å². The normalized spacial score (nSPS) is 12.3. The molecule has 9 aromatic carbocycles. The van der Waals surface area contributed by atoms with E-state index in [9.17, 15) is 0 Å². The maximum absolute atomic E-state index is 6.48. The molecular formula is C56H32N4O. The van der Waals surface area contributed by atoms with Gasteiger partial charge in [0.1, 0.15) is 16.8 Å². The maximum Gasteiger partial charge on any atom is 0.180 e. The molecule has 0 aliphatic carbocycles. The lowest BCUT2D eigenvalue weighted by Gasteiger charge is -2.11. The maximum atomic E-state index is 6.48. The van der Waals surface area contributed by atoms with Gasteiger partial charge in [0, 0.05) is 59.9 Å². The van der Waals surface area contributed by atoms with Crippen LogP contribution in [-0.2, 0) is 0 Å². The third-order valence-corrected chi connectivity index (χ3v) is 12.9. The van der Waals surface area contributed by atoms with Crippen molar-refractivity contribution in [3.63, 3.8) is 0 Å². The van der Waals surface area contributed by atoms with Gasteiger partial charge in [-0.1, -0.05) is 140 Å². The van der Waals surface area contributed by atoms with Crippen molar-refractivity contribution in [1.82, 2.24) is 18.9 Å². The van der Waals surface area contributed by atoms with Gasteiger partial charge in [0.2, 0.25) is 0 Å². The third-order valence-electron chi connectivity index (χ3n) is 12.9. The minimum absolute atomic E-state index is 0.654. The molecule has 0 radical (unpaired) electrons. The van der Waals surface area contributed by atoms with Gasteiger partial charge in [-0.3, -0.25) is 0 Å².